The molecule has 2 aromatic carbocycles. The monoisotopic (exact) mass is 451 g/mol. The summed E-state index contributed by atoms with van der Waals surface area (Å²) in [6, 6.07) is 11.3. The molecule has 7 heteroatoms. The van der Waals surface area contributed by atoms with Gasteiger partial charge in [-0.25, -0.2) is 0 Å². The molecule has 1 heterocycles. The largest absolute Gasteiger partial charge is 0.483 e. The molecule has 0 bridgehead atoms. The van der Waals surface area contributed by atoms with Gasteiger partial charge in [0.05, 0.1) is 4.47 Å². The van der Waals surface area contributed by atoms with Gasteiger partial charge in [0.15, 0.2) is 6.61 Å². The molecule has 1 aliphatic rings. The van der Waals surface area contributed by atoms with Gasteiger partial charge in [-0.1, -0.05) is 11.6 Å². The topological polar surface area (TPSA) is 44.8 Å². The molecule has 0 aromatic heterocycles. The van der Waals surface area contributed by atoms with Crippen molar-refractivity contribution < 1.29 is 9.53 Å². The zero-order valence-corrected chi connectivity index (χ0v) is 17.8. The number of carbonyl (C=O) groups is 1. The quantitative estimate of drug-likeness (QED) is 0.739. The van der Waals surface area contributed by atoms with E-state index in [0.717, 1.165) is 41.9 Å². The van der Waals surface area contributed by atoms with Crippen LogP contribution in [-0.4, -0.2) is 50.6 Å². The maximum Gasteiger partial charge on any atom is 0.262 e. The van der Waals surface area contributed by atoms with Gasteiger partial charge in [0.2, 0.25) is 0 Å². The molecule has 0 aliphatic carbocycles. The SMILES string of the molecule is Cc1cc(N2CCN(C)CC2)ccc1NC(=O)COc1ccc(Cl)cc1Br. The van der Waals surface area contributed by atoms with Crippen LogP contribution in [0.15, 0.2) is 40.9 Å². The number of hydrogen-bond donors (Lipinski definition) is 1. The Morgan fingerprint density at radius 3 is 2.59 bits per heavy atom. The molecule has 0 spiro atoms. The van der Waals surface area contributed by atoms with Gasteiger partial charge in [-0.05, 0) is 71.9 Å². The van der Waals surface area contributed by atoms with Crippen LogP contribution in [0.3, 0.4) is 0 Å². The average Bonchev–Trinajstić information content (AvgIpc) is 2.63. The van der Waals surface area contributed by atoms with E-state index in [1.54, 1.807) is 18.2 Å². The fourth-order valence-electron chi connectivity index (χ4n) is 2.97. The van der Waals surface area contributed by atoms with Gasteiger partial charge < -0.3 is 19.9 Å². The van der Waals surface area contributed by atoms with Crippen LogP contribution >= 0.6 is 27.5 Å². The fourth-order valence-corrected chi connectivity index (χ4v) is 3.77. The molecule has 5 nitrogen and oxygen atoms in total. The lowest BCUT2D eigenvalue weighted by atomic mass is 10.1. The lowest BCUT2D eigenvalue weighted by molar-refractivity contribution is -0.118. The first-order valence-corrected chi connectivity index (χ1v) is 10.0. The summed E-state index contributed by atoms with van der Waals surface area (Å²) in [7, 11) is 2.14. The van der Waals surface area contributed by atoms with Gasteiger partial charge >= 0.3 is 0 Å². The first kappa shape index (κ1) is 20.0. The number of anilines is 2. The highest BCUT2D eigenvalue weighted by molar-refractivity contribution is 9.10. The van der Waals surface area contributed by atoms with Crippen LogP contribution in [0.25, 0.3) is 0 Å². The van der Waals surface area contributed by atoms with E-state index in [2.05, 4.69) is 50.2 Å². The highest BCUT2D eigenvalue weighted by Crippen LogP contribution is 2.28. The summed E-state index contributed by atoms with van der Waals surface area (Å²) in [6.45, 7) is 6.10. The number of nitrogens with zero attached hydrogens (tertiary/aromatic N) is 2. The Hall–Kier alpha value is -1.76. The zero-order chi connectivity index (χ0) is 19.4. The normalized spacial score (nSPS) is 14.9. The highest BCUT2D eigenvalue weighted by Gasteiger charge is 2.15. The molecule has 27 heavy (non-hydrogen) atoms. The number of rotatable bonds is 5. The van der Waals surface area contributed by atoms with Gasteiger partial charge in [-0.3, -0.25) is 4.79 Å². The average molecular weight is 453 g/mol. The Kier molecular flexibility index (Phi) is 6.63. The third-order valence-corrected chi connectivity index (χ3v) is 5.46. The predicted octanol–water partition coefficient (Wildman–Crippen LogP) is 4.18. The number of benzene rings is 2. The minimum absolute atomic E-state index is 0.0696. The van der Waals surface area contributed by atoms with E-state index in [1.165, 1.54) is 5.69 Å². The summed E-state index contributed by atoms with van der Waals surface area (Å²) in [5, 5.41) is 3.52. The molecule has 2 aromatic rings. The second-order valence-electron chi connectivity index (χ2n) is 6.70. The number of nitrogens with one attached hydrogen (secondary N) is 1. The molecule has 1 N–H and O–H groups in total. The van der Waals surface area contributed by atoms with E-state index in [4.69, 9.17) is 16.3 Å². The van der Waals surface area contributed by atoms with Crippen molar-refractivity contribution in [1.82, 2.24) is 4.90 Å². The highest BCUT2D eigenvalue weighted by atomic mass is 79.9. The van der Waals surface area contributed by atoms with Gasteiger partial charge in [0, 0.05) is 42.6 Å². The number of piperazine rings is 1. The van der Waals surface area contributed by atoms with Crippen molar-refractivity contribution in [3.63, 3.8) is 0 Å². The van der Waals surface area contributed by atoms with Crippen molar-refractivity contribution in [2.24, 2.45) is 0 Å². The van der Waals surface area contributed by atoms with Gasteiger partial charge in [-0.2, -0.15) is 0 Å². The minimum atomic E-state index is -0.202. The molecule has 144 valence electrons. The number of ether oxygens (including phenoxy) is 1. The molecule has 1 fully saturated rings. The molecule has 1 saturated heterocycles. The summed E-state index contributed by atoms with van der Waals surface area (Å²) < 4.78 is 6.28. The molecule has 3 rings (SSSR count). The molecular formula is C20H23BrClN3O2. The number of aryl methyl sites for hydroxylation is 1. The fraction of sp³-hybridized carbons (Fsp3) is 0.350. The summed E-state index contributed by atoms with van der Waals surface area (Å²) in [6.07, 6.45) is 0. The Morgan fingerprint density at radius 1 is 1.19 bits per heavy atom. The predicted molar refractivity (Wildman–Crippen MR) is 114 cm³/mol. The third-order valence-electron chi connectivity index (χ3n) is 4.61. The van der Waals surface area contributed by atoms with E-state index < -0.39 is 0 Å². The van der Waals surface area contributed by atoms with Crippen molar-refractivity contribution in [3.05, 3.63) is 51.5 Å². The second-order valence-corrected chi connectivity index (χ2v) is 7.99. The Morgan fingerprint density at radius 2 is 1.93 bits per heavy atom. The van der Waals surface area contributed by atoms with E-state index in [-0.39, 0.29) is 12.5 Å². The van der Waals surface area contributed by atoms with Crippen molar-refractivity contribution in [2.45, 2.75) is 6.92 Å². The van der Waals surface area contributed by atoms with Crippen LogP contribution in [0.2, 0.25) is 5.02 Å². The van der Waals surface area contributed by atoms with E-state index in [0.29, 0.717) is 10.8 Å². The summed E-state index contributed by atoms with van der Waals surface area (Å²) >= 11 is 9.29. The van der Waals surface area contributed by atoms with Gasteiger partial charge in [0.1, 0.15) is 5.75 Å². The molecule has 0 saturated carbocycles. The van der Waals surface area contributed by atoms with Crippen LogP contribution in [0.1, 0.15) is 5.56 Å². The van der Waals surface area contributed by atoms with E-state index >= 15 is 0 Å². The summed E-state index contributed by atoms with van der Waals surface area (Å²) in [5.41, 5.74) is 3.03. The number of likely N-dealkylation sites (N-methyl/N-ethyl adjacent to an activating group) is 1. The number of amides is 1. The van der Waals surface area contributed by atoms with Crippen molar-refractivity contribution in [2.75, 3.05) is 50.1 Å². The summed E-state index contributed by atoms with van der Waals surface area (Å²) in [4.78, 5) is 17.0. The molecule has 1 aliphatic heterocycles. The molecule has 1 amide bonds. The number of hydrogen-bond acceptors (Lipinski definition) is 4. The van der Waals surface area contributed by atoms with Gasteiger partial charge in [0.25, 0.3) is 5.91 Å². The first-order valence-electron chi connectivity index (χ1n) is 8.84. The number of halogens is 2. The smallest absolute Gasteiger partial charge is 0.262 e. The Balaban J connectivity index is 1.57. The Bertz CT molecular complexity index is 823. The van der Waals surface area contributed by atoms with Crippen LogP contribution in [0.4, 0.5) is 11.4 Å². The number of carbonyl (C=O) groups excluding carboxylic acids is 1. The van der Waals surface area contributed by atoms with Crippen LogP contribution in [-0.2, 0) is 4.79 Å². The minimum Gasteiger partial charge on any atom is -0.483 e. The molecular weight excluding hydrogens is 430 g/mol. The van der Waals surface area contributed by atoms with Gasteiger partial charge in [-0.15, -0.1) is 0 Å². The maximum absolute atomic E-state index is 12.2. The lowest BCUT2D eigenvalue weighted by Gasteiger charge is -2.34. The van der Waals surface area contributed by atoms with Crippen molar-refractivity contribution >= 4 is 44.8 Å². The van der Waals surface area contributed by atoms with Crippen LogP contribution < -0.4 is 15.0 Å². The lowest BCUT2D eigenvalue weighted by Crippen LogP contribution is -2.44. The van der Waals surface area contributed by atoms with Crippen molar-refractivity contribution in [1.29, 1.82) is 0 Å². The Labute approximate surface area is 173 Å². The van der Waals surface area contributed by atoms with Crippen LogP contribution in [0.5, 0.6) is 5.75 Å². The first-order chi connectivity index (χ1) is 12.9. The maximum atomic E-state index is 12.2. The summed E-state index contributed by atoms with van der Waals surface area (Å²) in [5.74, 6) is 0.379. The van der Waals surface area contributed by atoms with E-state index in [9.17, 15) is 4.79 Å². The van der Waals surface area contributed by atoms with E-state index in [1.807, 2.05) is 13.0 Å². The van der Waals surface area contributed by atoms with Crippen molar-refractivity contribution in [3.8, 4) is 5.75 Å². The molecule has 0 unspecified atom stereocenters. The van der Waals surface area contributed by atoms with Crippen LogP contribution in [0, 0.1) is 6.92 Å². The zero-order valence-electron chi connectivity index (χ0n) is 15.5. The third kappa shape index (κ3) is 5.37. The second kappa shape index (κ2) is 8.95. The molecule has 0 atom stereocenters. The molecule has 0 radical (unpaired) electrons. The standard InChI is InChI=1S/C20H23BrClN3O2/c1-14-11-16(25-9-7-24(2)8-10-25)4-5-18(14)23-20(26)13-27-19-6-3-15(22)12-17(19)21/h3-6,11-12H,7-10,13H2,1-2H3,(H,23,26).